The number of rotatable bonds is 6. The van der Waals surface area contributed by atoms with Crippen LogP contribution in [0.3, 0.4) is 0 Å². The van der Waals surface area contributed by atoms with E-state index in [-0.39, 0.29) is 17.7 Å². The van der Waals surface area contributed by atoms with Gasteiger partial charge >= 0.3 is 0 Å². The van der Waals surface area contributed by atoms with Gasteiger partial charge in [-0.2, -0.15) is 0 Å². The third-order valence-electron chi connectivity index (χ3n) is 6.12. The Hall–Kier alpha value is -2.12. The van der Waals surface area contributed by atoms with Gasteiger partial charge < -0.3 is 14.6 Å². The third-order valence-corrected chi connectivity index (χ3v) is 6.98. The molecule has 2 fully saturated rings. The average Bonchev–Trinajstić information content (AvgIpc) is 3.47. The Morgan fingerprint density at radius 3 is 2.52 bits per heavy atom. The van der Waals surface area contributed by atoms with E-state index in [0.717, 1.165) is 51.9 Å². The number of nitrogens with zero attached hydrogens (tertiary/aromatic N) is 2. The average molecular weight is 416 g/mol. The van der Waals surface area contributed by atoms with Crippen LogP contribution in [0.2, 0.25) is 0 Å². The maximum absolute atomic E-state index is 12.6. The molecular weight excluding hydrogens is 386 g/mol. The highest BCUT2D eigenvalue weighted by Crippen LogP contribution is 2.22. The zero-order valence-electron chi connectivity index (χ0n) is 16.7. The van der Waals surface area contributed by atoms with Gasteiger partial charge in [0.05, 0.1) is 6.26 Å². The zero-order chi connectivity index (χ0) is 20.1. The Morgan fingerprint density at radius 1 is 1.07 bits per heavy atom. The molecule has 0 saturated carbocycles. The summed E-state index contributed by atoms with van der Waals surface area (Å²) in [4.78, 5) is 30.6. The summed E-state index contributed by atoms with van der Waals surface area (Å²) in [5.74, 6) is 1.02. The van der Waals surface area contributed by atoms with Gasteiger partial charge in [-0.15, -0.1) is 11.3 Å². The summed E-state index contributed by atoms with van der Waals surface area (Å²) in [6.07, 6.45) is 5.23. The highest BCUT2D eigenvalue weighted by atomic mass is 32.1. The molecule has 1 N–H and O–H groups in total. The Morgan fingerprint density at radius 2 is 1.86 bits per heavy atom. The molecule has 6 nitrogen and oxygen atoms in total. The predicted octanol–water partition coefficient (Wildman–Crippen LogP) is 3.22. The molecule has 2 aromatic heterocycles. The fourth-order valence-electron chi connectivity index (χ4n) is 4.26. The van der Waals surface area contributed by atoms with Crippen molar-refractivity contribution in [2.45, 2.75) is 32.2 Å². The molecule has 4 rings (SSSR count). The molecule has 156 valence electrons. The van der Waals surface area contributed by atoms with Crippen molar-refractivity contribution in [2.75, 3.05) is 32.7 Å². The quantitative estimate of drug-likeness (QED) is 0.787. The fraction of sp³-hybridized carbons (Fsp3) is 0.545. The Kier molecular flexibility index (Phi) is 6.67. The molecule has 0 unspecified atom stereocenters. The van der Waals surface area contributed by atoms with Crippen LogP contribution in [0.1, 0.15) is 41.1 Å². The maximum atomic E-state index is 12.6. The van der Waals surface area contributed by atoms with Crippen LogP contribution in [0.15, 0.2) is 40.3 Å². The summed E-state index contributed by atoms with van der Waals surface area (Å²) in [6, 6.07) is 7.72. The number of likely N-dealkylation sites (tertiary alicyclic amines) is 2. The highest BCUT2D eigenvalue weighted by molar-refractivity contribution is 7.09. The third kappa shape index (κ3) is 5.28. The zero-order valence-corrected chi connectivity index (χ0v) is 17.5. The molecular formula is C22H29N3O3S. The van der Waals surface area contributed by atoms with Gasteiger partial charge in [0, 0.05) is 37.0 Å². The lowest BCUT2D eigenvalue weighted by molar-refractivity contribution is -0.126. The van der Waals surface area contributed by atoms with Crippen LogP contribution >= 0.6 is 11.3 Å². The van der Waals surface area contributed by atoms with Crippen molar-refractivity contribution in [3.8, 4) is 0 Å². The molecule has 0 bridgehead atoms. The van der Waals surface area contributed by atoms with E-state index in [1.54, 1.807) is 17.0 Å². The number of hydrogen-bond acceptors (Lipinski definition) is 5. The molecule has 7 heteroatoms. The number of furan rings is 1. The van der Waals surface area contributed by atoms with Crippen LogP contribution < -0.4 is 5.32 Å². The molecule has 0 atom stereocenters. The Balaban J connectivity index is 1.14. The first kappa shape index (κ1) is 20.2. The second kappa shape index (κ2) is 9.59. The van der Waals surface area contributed by atoms with E-state index >= 15 is 0 Å². The number of hydrogen-bond donors (Lipinski definition) is 1. The molecule has 4 heterocycles. The first-order chi connectivity index (χ1) is 14.2. The van der Waals surface area contributed by atoms with Gasteiger partial charge in [0.1, 0.15) is 0 Å². The van der Waals surface area contributed by atoms with Gasteiger partial charge in [0.25, 0.3) is 5.91 Å². The molecule has 0 spiro atoms. The van der Waals surface area contributed by atoms with Gasteiger partial charge in [-0.05, 0) is 68.3 Å². The Bertz CT molecular complexity index is 774. The number of piperidine rings is 2. The van der Waals surface area contributed by atoms with Crippen molar-refractivity contribution in [3.05, 3.63) is 46.5 Å². The first-order valence-electron chi connectivity index (χ1n) is 10.5. The minimum Gasteiger partial charge on any atom is -0.459 e. The van der Waals surface area contributed by atoms with Crippen molar-refractivity contribution in [1.29, 1.82) is 0 Å². The lowest BCUT2D eigenvalue weighted by Gasteiger charge is -2.33. The van der Waals surface area contributed by atoms with E-state index in [0.29, 0.717) is 24.8 Å². The SMILES string of the molecule is O=C(NCC1CCN(Cc2cccs2)CC1)C1CCN(C(=O)c2ccco2)CC1. The van der Waals surface area contributed by atoms with Crippen molar-refractivity contribution >= 4 is 23.2 Å². The van der Waals surface area contributed by atoms with Crippen LogP contribution in [0, 0.1) is 11.8 Å². The second-order valence-corrected chi connectivity index (χ2v) is 9.12. The van der Waals surface area contributed by atoms with Crippen molar-refractivity contribution in [3.63, 3.8) is 0 Å². The van der Waals surface area contributed by atoms with Crippen LogP contribution in [-0.2, 0) is 11.3 Å². The lowest BCUT2D eigenvalue weighted by atomic mass is 9.94. The smallest absolute Gasteiger partial charge is 0.289 e. The van der Waals surface area contributed by atoms with Gasteiger partial charge in [0.2, 0.25) is 5.91 Å². The molecule has 0 radical (unpaired) electrons. The van der Waals surface area contributed by atoms with Gasteiger partial charge in [0.15, 0.2) is 5.76 Å². The van der Waals surface area contributed by atoms with E-state index < -0.39 is 0 Å². The minimum absolute atomic E-state index is 0.00886. The van der Waals surface area contributed by atoms with E-state index in [4.69, 9.17) is 4.42 Å². The number of carbonyl (C=O) groups excluding carboxylic acids is 2. The molecule has 2 saturated heterocycles. The highest BCUT2D eigenvalue weighted by Gasteiger charge is 2.29. The molecule has 29 heavy (non-hydrogen) atoms. The van der Waals surface area contributed by atoms with Crippen molar-refractivity contribution < 1.29 is 14.0 Å². The largest absolute Gasteiger partial charge is 0.459 e. The normalized spacial score (nSPS) is 19.4. The lowest BCUT2D eigenvalue weighted by Crippen LogP contribution is -2.44. The van der Waals surface area contributed by atoms with Gasteiger partial charge in [-0.25, -0.2) is 0 Å². The van der Waals surface area contributed by atoms with E-state index in [2.05, 4.69) is 27.7 Å². The topological polar surface area (TPSA) is 65.8 Å². The molecule has 2 aliphatic rings. The van der Waals surface area contributed by atoms with E-state index in [1.807, 2.05) is 11.3 Å². The number of thiophene rings is 1. The van der Waals surface area contributed by atoms with Crippen LogP contribution in [0.25, 0.3) is 0 Å². The molecule has 2 aromatic rings. The van der Waals surface area contributed by atoms with Crippen molar-refractivity contribution in [2.24, 2.45) is 11.8 Å². The summed E-state index contributed by atoms with van der Waals surface area (Å²) in [5, 5.41) is 5.31. The molecule has 0 aromatic carbocycles. The van der Waals surface area contributed by atoms with E-state index in [1.165, 1.54) is 11.1 Å². The summed E-state index contributed by atoms with van der Waals surface area (Å²) in [6.45, 7) is 5.25. The number of nitrogens with one attached hydrogen (secondary N) is 1. The number of carbonyl (C=O) groups is 2. The summed E-state index contributed by atoms with van der Waals surface area (Å²) in [5.41, 5.74) is 0. The fourth-order valence-corrected chi connectivity index (χ4v) is 5.01. The minimum atomic E-state index is -0.0804. The van der Waals surface area contributed by atoms with E-state index in [9.17, 15) is 9.59 Å². The van der Waals surface area contributed by atoms with Crippen LogP contribution in [0.4, 0.5) is 0 Å². The Labute approximate surface area is 175 Å². The monoisotopic (exact) mass is 415 g/mol. The predicted molar refractivity (Wildman–Crippen MR) is 113 cm³/mol. The van der Waals surface area contributed by atoms with Crippen LogP contribution in [0.5, 0.6) is 0 Å². The van der Waals surface area contributed by atoms with Gasteiger partial charge in [-0.1, -0.05) is 6.07 Å². The molecule has 2 aliphatic heterocycles. The van der Waals surface area contributed by atoms with Crippen molar-refractivity contribution in [1.82, 2.24) is 15.1 Å². The number of amides is 2. The summed E-state index contributed by atoms with van der Waals surface area (Å²) in [7, 11) is 0. The standard InChI is InChI=1S/C22H29N3O3S/c26-21(18-7-11-25(12-8-18)22(27)20-4-1-13-28-20)23-15-17-5-9-24(10-6-17)16-19-3-2-14-29-19/h1-4,13-14,17-18H,5-12,15-16H2,(H,23,26). The molecule has 0 aliphatic carbocycles. The second-order valence-electron chi connectivity index (χ2n) is 8.09. The first-order valence-corrected chi connectivity index (χ1v) is 11.4. The summed E-state index contributed by atoms with van der Waals surface area (Å²) < 4.78 is 5.19. The molecule has 2 amide bonds. The van der Waals surface area contributed by atoms with Gasteiger partial charge in [-0.3, -0.25) is 14.5 Å². The maximum Gasteiger partial charge on any atom is 0.289 e. The summed E-state index contributed by atoms with van der Waals surface area (Å²) >= 11 is 1.82. The van der Waals surface area contributed by atoms with Crippen LogP contribution in [-0.4, -0.2) is 54.3 Å².